The first-order valence-corrected chi connectivity index (χ1v) is 7.11. The lowest BCUT2D eigenvalue weighted by Crippen LogP contribution is -2.30. The average molecular weight is 290 g/mol. The van der Waals surface area contributed by atoms with Crippen molar-refractivity contribution in [2.45, 2.75) is 0 Å². The first kappa shape index (κ1) is 12.7. The minimum atomic E-state index is 0.707. The molecule has 0 unspecified atom stereocenters. The summed E-state index contributed by atoms with van der Waals surface area (Å²) >= 11 is 0. The van der Waals surface area contributed by atoms with Crippen LogP contribution in [0.15, 0.2) is 52.8 Å². The second-order valence-electron chi connectivity index (χ2n) is 5.00. The van der Waals surface area contributed by atoms with E-state index in [4.69, 9.17) is 4.98 Å². The van der Waals surface area contributed by atoms with Gasteiger partial charge in [0.25, 0.3) is 0 Å². The van der Waals surface area contributed by atoms with E-state index in [1.165, 1.54) is 0 Å². The monoisotopic (exact) mass is 290 g/mol. The standard InChI is InChI=1S/C16H14N6/c1-2-12-8-11-4-5-17-10-14(11)21-15(12)13(3-1)9-20-22-16-18-6-7-19-16/h1-5,8-10H,6-7H2,(H2,18,19,22)/b20-9-. The summed E-state index contributed by atoms with van der Waals surface area (Å²) in [7, 11) is 0. The van der Waals surface area contributed by atoms with Crippen molar-refractivity contribution in [2.75, 3.05) is 13.1 Å². The maximum atomic E-state index is 4.70. The van der Waals surface area contributed by atoms with Crippen LogP contribution in [0.5, 0.6) is 0 Å². The Morgan fingerprint density at radius 3 is 3.14 bits per heavy atom. The highest BCUT2D eigenvalue weighted by Crippen LogP contribution is 2.20. The maximum absolute atomic E-state index is 4.70. The van der Waals surface area contributed by atoms with Crippen LogP contribution in [0.3, 0.4) is 0 Å². The van der Waals surface area contributed by atoms with Crippen molar-refractivity contribution in [2.24, 2.45) is 10.1 Å². The molecular weight excluding hydrogens is 276 g/mol. The zero-order chi connectivity index (χ0) is 14.8. The van der Waals surface area contributed by atoms with Gasteiger partial charge >= 0.3 is 0 Å². The Morgan fingerprint density at radius 1 is 1.23 bits per heavy atom. The topological polar surface area (TPSA) is 74.6 Å². The molecule has 3 aromatic rings. The smallest absolute Gasteiger partial charge is 0.212 e. The van der Waals surface area contributed by atoms with Crippen molar-refractivity contribution in [3.8, 4) is 0 Å². The first-order valence-electron chi connectivity index (χ1n) is 7.11. The van der Waals surface area contributed by atoms with Gasteiger partial charge in [-0.05, 0) is 12.1 Å². The molecule has 2 aromatic heterocycles. The van der Waals surface area contributed by atoms with Gasteiger partial charge in [-0.1, -0.05) is 18.2 Å². The minimum absolute atomic E-state index is 0.707. The SMILES string of the molecule is C(=N/NC1=NCCN1)/c1cccc2cc3ccncc3nc12. The average Bonchev–Trinajstić information content (AvgIpc) is 3.07. The molecule has 0 bridgehead atoms. The third-order valence-electron chi connectivity index (χ3n) is 3.52. The van der Waals surface area contributed by atoms with E-state index in [0.29, 0.717) is 5.96 Å². The Balaban J connectivity index is 1.73. The summed E-state index contributed by atoms with van der Waals surface area (Å²) in [6.07, 6.45) is 5.32. The summed E-state index contributed by atoms with van der Waals surface area (Å²) < 4.78 is 0. The molecule has 108 valence electrons. The molecule has 0 aliphatic carbocycles. The molecule has 0 fully saturated rings. The summed E-state index contributed by atoms with van der Waals surface area (Å²) in [5.74, 6) is 0.707. The summed E-state index contributed by atoms with van der Waals surface area (Å²) in [5.41, 5.74) is 5.65. The van der Waals surface area contributed by atoms with Crippen LogP contribution < -0.4 is 10.7 Å². The zero-order valence-electron chi connectivity index (χ0n) is 11.8. The number of rotatable bonds is 2. The number of nitrogens with zero attached hydrogens (tertiary/aromatic N) is 4. The number of aromatic nitrogens is 2. The number of benzene rings is 1. The van der Waals surface area contributed by atoms with E-state index in [-0.39, 0.29) is 0 Å². The highest BCUT2D eigenvalue weighted by atomic mass is 15.4. The van der Waals surface area contributed by atoms with Crippen LogP contribution >= 0.6 is 0 Å². The molecule has 4 rings (SSSR count). The van der Waals surface area contributed by atoms with Crippen molar-refractivity contribution < 1.29 is 0 Å². The number of aliphatic imine (C=N–C) groups is 1. The Bertz CT molecular complexity index is 899. The van der Waals surface area contributed by atoms with Gasteiger partial charge in [0.1, 0.15) is 0 Å². The van der Waals surface area contributed by atoms with E-state index >= 15 is 0 Å². The predicted octanol–water partition coefficient (Wildman–Crippen LogP) is 1.67. The molecule has 6 nitrogen and oxygen atoms in total. The van der Waals surface area contributed by atoms with Gasteiger partial charge in [0.2, 0.25) is 5.96 Å². The Kier molecular flexibility index (Phi) is 3.12. The highest BCUT2D eigenvalue weighted by molar-refractivity contribution is 6.02. The summed E-state index contributed by atoms with van der Waals surface area (Å²) in [6, 6.07) is 10.1. The van der Waals surface area contributed by atoms with Gasteiger partial charge in [-0.2, -0.15) is 5.10 Å². The van der Waals surface area contributed by atoms with E-state index in [0.717, 1.165) is 40.5 Å². The number of hydrogen-bond donors (Lipinski definition) is 2. The molecule has 0 radical (unpaired) electrons. The van der Waals surface area contributed by atoms with E-state index in [2.05, 4.69) is 38.0 Å². The van der Waals surface area contributed by atoms with Crippen LogP contribution in [0, 0.1) is 0 Å². The van der Waals surface area contributed by atoms with Gasteiger partial charge in [-0.15, -0.1) is 0 Å². The lowest BCUT2D eigenvalue weighted by Gasteiger charge is -2.04. The van der Waals surface area contributed by atoms with Crippen LogP contribution in [0.1, 0.15) is 5.56 Å². The van der Waals surface area contributed by atoms with Gasteiger partial charge in [0, 0.05) is 29.1 Å². The predicted molar refractivity (Wildman–Crippen MR) is 88.1 cm³/mol. The molecule has 0 saturated heterocycles. The maximum Gasteiger partial charge on any atom is 0.212 e. The lowest BCUT2D eigenvalue weighted by molar-refractivity contribution is 0.920. The van der Waals surface area contributed by atoms with Crippen molar-refractivity contribution in [3.63, 3.8) is 0 Å². The quantitative estimate of drug-likeness (QED) is 0.428. The van der Waals surface area contributed by atoms with Gasteiger partial charge in [0.15, 0.2) is 0 Å². The molecule has 1 aliphatic rings. The number of pyridine rings is 2. The van der Waals surface area contributed by atoms with Crippen LogP contribution in [0.25, 0.3) is 21.8 Å². The number of fused-ring (bicyclic) bond motifs is 2. The summed E-state index contributed by atoms with van der Waals surface area (Å²) in [6.45, 7) is 1.64. The molecule has 0 saturated carbocycles. The van der Waals surface area contributed by atoms with Gasteiger partial charge in [-0.25, -0.2) is 15.4 Å². The van der Waals surface area contributed by atoms with E-state index < -0.39 is 0 Å². The lowest BCUT2D eigenvalue weighted by atomic mass is 10.1. The molecule has 0 spiro atoms. The van der Waals surface area contributed by atoms with Crippen LogP contribution in [0.2, 0.25) is 0 Å². The fraction of sp³-hybridized carbons (Fsp3) is 0.125. The Labute approximate surface area is 127 Å². The largest absolute Gasteiger partial charge is 0.353 e. The summed E-state index contributed by atoms with van der Waals surface area (Å²) in [5, 5.41) is 9.50. The molecule has 1 aliphatic heterocycles. The van der Waals surface area contributed by atoms with Crippen molar-refractivity contribution >= 4 is 34.0 Å². The second-order valence-corrected chi connectivity index (χ2v) is 5.00. The molecule has 22 heavy (non-hydrogen) atoms. The number of hydrazone groups is 1. The molecule has 6 heteroatoms. The Hall–Kier alpha value is -3.02. The normalized spacial score (nSPS) is 14.5. The number of guanidine groups is 1. The number of para-hydroxylation sites is 1. The molecule has 2 N–H and O–H groups in total. The van der Waals surface area contributed by atoms with E-state index in [1.54, 1.807) is 18.6 Å². The second kappa shape index (κ2) is 5.40. The third-order valence-corrected chi connectivity index (χ3v) is 3.52. The molecular formula is C16H14N6. The van der Waals surface area contributed by atoms with Gasteiger partial charge < -0.3 is 5.32 Å². The molecule has 0 atom stereocenters. The van der Waals surface area contributed by atoms with Gasteiger partial charge in [0.05, 0.1) is 30.0 Å². The van der Waals surface area contributed by atoms with Crippen molar-refractivity contribution in [1.29, 1.82) is 0 Å². The van der Waals surface area contributed by atoms with E-state index in [1.807, 2.05) is 18.2 Å². The third kappa shape index (κ3) is 2.35. The van der Waals surface area contributed by atoms with Crippen LogP contribution in [0.4, 0.5) is 0 Å². The van der Waals surface area contributed by atoms with Crippen LogP contribution in [-0.4, -0.2) is 35.2 Å². The van der Waals surface area contributed by atoms with Crippen molar-refractivity contribution in [3.05, 3.63) is 48.3 Å². The zero-order valence-corrected chi connectivity index (χ0v) is 11.8. The van der Waals surface area contributed by atoms with Gasteiger partial charge in [-0.3, -0.25) is 4.98 Å². The number of nitrogens with one attached hydrogen (secondary N) is 2. The highest BCUT2D eigenvalue weighted by Gasteiger charge is 2.04. The fourth-order valence-electron chi connectivity index (χ4n) is 2.47. The first-order chi connectivity index (χ1) is 10.9. The molecule has 1 aromatic carbocycles. The Morgan fingerprint density at radius 2 is 2.23 bits per heavy atom. The number of hydrogen-bond acceptors (Lipinski definition) is 6. The summed E-state index contributed by atoms with van der Waals surface area (Å²) in [4.78, 5) is 13.1. The van der Waals surface area contributed by atoms with Crippen LogP contribution in [-0.2, 0) is 0 Å². The fourth-order valence-corrected chi connectivity index (χ4v) is 2.47. The molecule has 3 heterocycles. The van der Waals surface area contributed by atoms with E-state index in [9.17, 15) is 0 Å². The van der Waals surface area contributed by atoms with Crippen molar-refractivity contribution in [1.82, 2.24) is 20.7 Å². The minimum Gasteiger partial charge on any atom is -0.353 e. The molecule has 0 amide bonds.